The van der Waals surface area contributed by atoms with Crippen LogP contribution in [0.1, 0.15) is 20.8 Å². The molecule has 1 aromatic heterocycles. The lowest BCUT2D eigenvalue weighted by molar-refractivity contribution is 0.439. The Balaban J connectivity index is 2.42. The SMILES string of the molecule is CC(C)C(C)CNc1ncc(N)cn1. The summed E-state index contributed by atoms with van der Waals surface area (Å²) >= 11 is 0. The molecule has 0 fully saturated rings. The van der Waals surface area contributed by atoms with E-state index in [1.807, 2.05) is 0 Å². The predicted octanol–water partition coefficient (Wildman–Crippen LogP) is 1.76. The lowest BCUT2D eigenvalue weighted by Gasteiger charge is -2.15. The molecule has 0 aliphatic heterocycles. The molecule has 0 amide bonds. The van der Waals surface area contributed by atoms with Gasteiger partial charge in [-0.2, -0.15) is 0 Å². The van der Waals surface area contributed by atoms with Crippen molar-refractivity contribution in [1.82, 2.24) is 9.97 Å². The van der Waals surface area contributed by atoms with Gasteiger partial charge in [-0.25, -0.2) is 9.97 Å². The number of rotatable bonds is 4. The van der Waals surface area contributed by atoms with Crippen LogP contribution < -0.4 is 11.1 Å². The molecular formula is C10H18N4. The van der Waals surface area contributed by atoms with Gasteiger partial charge in [0.1, 0.15) is 0 Å². The van der Waals surface area contributed by atoms with Crippen molar-refractivity contribution in [3.05, 3.63) is 12.4 Å². The fourth-order valence-electron chi connectivity index (χ4n) is 0.917. The third-order valence-electron chi connectivity index (χ3n) is 2.39. The van der Waals surface area contributed by atoms with Crippen molar-refractivity contribution >= 4 is 11.6 Å². The van der Waals surface area contributed by atoms with Crippen molar-refractivity contribution in [3.8, 4) is 0 Å². The highest BCUT2D eigenvalue weighted by atomic mass is 15.1. The average molecular weight is 194 g/mol. The number of aromatic nitrogens is 2. The number of hydrogen-bond acceptors (Lipinski definition) is 4. The first-order valence-electron chi connectivity index (χ1n) is 4.91. The van der Waals surface area contributed by atoms with Crippen molar-refractivity contribution in [3.63, 3.8) is 0 Å². The van der Waals surface area contributed by atoms with E-state index in [4.69, 9.17) is 5.73 Å². The van der Waals surface area contributed by atoms with Crippen molar-refractivity contribution in [1.29, 1.82) is 0 Å². The van der Waals surface area contributed by atoms with Gasteiger partial charge in [-0.15, -0.1) is 0 Å². The van der Waals surface area contributed by atoms with Crippen LogP contribution in [-0.4, -0.2) is 16.5 Å². The minimum atomic E-state index is 0.590. The minimum Gasteiger partial charge on any atom is -0.396 e. The highest BCUT2D eigenvalue weighted by Crippen LogP contribution is 2.10. The molecule has 14 heavy (non-hydrogen) atoms. The van der Waals surface area contributed by atoms with Crippen LogP contribution in [0.5, 0.6) is 0 Å². The smallest absolute Gasteiger partial charge is 0.222 e. The zero-order valence-electron chi connectivity index (χ0n) is 8.99. The number of nitrogens with two attached hydrogens (primary N) is 1. The number of nitrogen functional groups attached to an aromatic ring is 1. The van der Waals surface area contributed by atoms with Gasteiger partial charge in [0.05, 0.1) is 18.1 Å². The molecule has 78 valence electrons. The zero-order valence-corrected chi connectivity index (χ0v) is 8.99. The lowest BCUT2D eigenvalue weighted by atomic mass is 9.98. The van der Waals surface area contributed by atoms with Gasteiger partial charge in [-0.3, -0.25) is 0 Å². The first kappa shape index (κ1) is 10.8. The van der Waals surface area contributed by atoms with Crippen LogP contribution >= 0.6 is 0 Å². The molecule has 0 radical (unpaired) electrons. The summed E-state index contributed by atoms with van der Waals surface area (Å²) in [5.74, 6) is 1.92. The largest absolute Gasteiger partial charge is 0.396 e. The molecule has 1 unspecified atom stereocenters. The molecule has 4 heteroatoms. The minimum absolute atomic E-state index is 0.590. The highest BCUT2D eigenvalue weighted by molar-refractivity contribution is 5.35. The van der Waals surface area contributed by atoms with Crippen molar-refractivity contribution in [2.75, 3.05) is 17.6 Å². The van der Waals surface area contributed by atoms with Crippen molar-refractivity contribution < 1.29 is 0 Å². The monoisotopic (exact) mass is 194 g/mol. The van der Waals surface area contributed by atoms with E-state index in [-0.39, 0.29) is 0 Å². The van der Waals surface area contributed by atoms with E-state index in [0.717, 1.165) is 6.54 Å². The third kappa shape index (κ3) is 3.20. The van der Waals surface area contributed by atoms with Crippen LogP contribution in [-0.2, 0) is 0 Å². The maximum atomic E-state index is 5.48. The second kappa shape index (κ2) is 4.79. The molecule has 1 heterocycles. The summed E-state index contributed by atoms with van der Waals surface area (Å²) < 4.78 is 0. The summed E-state index contributed by atoms with van der Waals surface area (Å²) in [4.78, 5) is 8.12. The maximum Gasteiger partial charge on any atom is 0.222 e. The van der Waals surface area contributed by atoms with Gasteiger partial charge in [0.25, 0.3) is 0 Å². The van der Waals surface area contributed by atoms with Crippen molar-refractivity contribution in [2.45, 2.75) is 20.8 Å². The molecule has 0 aliphatic carbocycles. The third-order valence-corrected chi connectivity index (χ3v) is 2.39. The molecule has 0 aromatic carbocycles. The van der Waals surface area contributed by atoms with Gasteiger partial charge in [0.2, 0.25) is 5.95 Å². The number of anilines is 2. The molecule has 0 aliphatic rings. The van der Waals surface area contributed by atoms with Gasteiger partial charge in [0.15, 0.2) is 0 Å². The molecule has 0 bridgehead atoms. The van der Waals surface area contributed by atoms with Crippen LogP contribution in [0.2, 0.25) is 0 Å². The van der Waals surface area contributed by atoms with Crippen LogP contribution in [0, 0.1) is 11.8 Å². The maximum absolute atomic E-state index is 5.48. The first-order chi connectivity index (χ1) is 6.59. The molecular weight excluding hydrogens is 176 g/mol. The number of hydrogen-bond donors (Lipinski definition) is 2. The fourth-order valence-corrected chi connectivity index (χ4v) is 0.917. The van der Waals surface area contributed by atoms with Gasteiger partial charge in [-0.1, -0.05) is 20.8 Å². The molecule has 0 spiro atoms. The van der Waals surface area contributed by atoms with Crippen LogP contribution in [0.3, 0.4) is 0 Å². The fraction of sp³-hybridized carbons (Fsp3) is 0.600. The van der Waals surface area contributed by atoms with E-state index in [1.54, 1.807) is 12.4 Å². The Kier molecular flexibility index (Phi) is 3.68. The normalized spacial score (nSPS) is 12.9. The predicted molar refractivity (Wildman–Crippen MR) is 58.9 cm³/mol. The number of nitrogens with one attached hydrogen (secondary N) is 1. The summed E-state index contributed by atoms with van der Waals surface area (Å²) in [6, 6.07) is 0. The van der Waals surface area contributed by atoms with E-state index in [2.05, 4.69) is 36.1 Å². The summed E-state index contributed by atoms with van der Waals surface area (Å²) in [5, 5.41) is 3.18. The van der Waals surface area contributed by atoms with Crippen LogP contribution in [0.4, 0.5) is 11.6 Å². The molecule has 3 N–H and O–H groups in total. The molecule has 0 saturated heterocycles. The molecule has 0 saturated carbocycles. The van der Waals surface area contributed by atoms with Crippen molar-refractivity contribution in [2.24, 2.45) is 11.8 Å². The number of nitrogens with zero attached hydrogens (tertiary/aromatic N) is 2. The topological polar surface area (TPSA) is 63.8 Å². The Morgan fingerprint density at radius 3 is 2.36 bits per heavy atom. The Bertz CT molecular complexity index is 268. The highest BCUT2D eigenvalue weighted by Gasteiger charge is 2.06. The van der Waals surface area contributed by atoms with Crippen LogP contribution in [0.25, 0.3) is 0 Å². The quantitative estimate of drug-likeness (QED) is 0.766. The lowest BCUT2D eigenvalue weighted by Crippen LogP contribution is -2.17. The van der Waals surface area contributed by atoms with Gasteiger partial charge < -0.3 is 11.1 Å². The Hall–Kier alpha value is -1.32. The summed E-state index contributed by atoms with van der Waals surface area (Å²) in [6.07, 6.45) is 3.21. The average Bonchev–Trinajstić information content (AvgIpc) is 2.16. The van der Waals surface area contributed by atoms with E-state index in [1.165, 1.54) is 0 Å². The summed E-state index contributed by atoms with van der Waals surface area (Å²) in [6.45, 7) is 7.50. The molecule has 1 aromatic rings. The standard InChI is InChI=1S/C10H18N4/c1-7(2)8(3)4-12-10-13-5-9(11)6-14-10/h5-8H,4,11H2,1-3H3,(H,12,13,14). The summed E-state index contributed by atoms with van der Waals surface area (Å²) in [5.41, 5.74) is 6.07. The Morgan fingerprint density at radius 2 is 1.86 bits per heavy atom. The molecule has 4 nitrogen and oxygen atoms in total. The molecule has 1 rings (SSSR count). The Labute approximate surface area is 85.0 Å². The van der Waals surface area contributed by atoms with Gasteiger partial charge in [0, 0.05) is 6.54 Å². The molecule has 1 atom stereocenters. The zero-order chi connectivity index (χ0) is 10.6. The van der Waals surface area contributed by atoms with Gasteiger partial charge >= 0.3 is 0 Å². The van der Waals surface area contributed by atoms with Crippen LogP contribution in [0.15, 0.2) is 12.4 Å². The van der Waals surface area contributed by atoms with E-state index in [0.29, 0.717) is 23.5 Å². The first-order valence-corrected chi connectivity index (χ1v) is 4.91. The van der Waals surface area contributed by atoms with E-state index < -0.39 is 0 Å². The second-order valence-corrected chi connectivity index (χ2v) is 3.94. The van der Waals surface area contributed by atoms with Gasteiger partial charge in [-0.05, 0) is 11.8 Å². The Morgan fingerprint density at radius 1 is 1.29 bits per heavy atom. The van der Waals surface area contributed by atoms with E-state index in [9.17, 15) is 0 Å². The summed E-state index contributed by atoms with van der Waals surface area (Å²) in [7, 11) is 0. The second-order valence-electron chi connectivity index (χ2n) is 3.94. The van der Waals surface area contributed by atoms with E-state index >= 15 is 0 Å².